The summed E-state index contributed by atoms with van der Waals surface area (Å²) >= 11 is 5.38. The van der Waals surface area contributed by atoms with Crippen LogP contribution in [0.4, 0.5) is 4.79 Å². The molecule has 22 heavy (non-hydrogen) atoms. The number of nitrogens with one attached hydrogen (secondary N) is 2. The molecule has 0 radical (unpaired) electrons. The van der Waals surface area contributed by atoms with Crippen molar-refractivity contribution in [1.82, 2.24) is 10.6 Å². The zero-order valence-corrected chi connectivity index (χ0v) is 13.3. The van der Waals surface area contributed by atoms with Gasteiger partial charge in [0.15, 0.2) is 0 Å². The third kappa shape index (κ3) is 7.73. The third-order valence-corrected chi connectivity index (χ3v) is 2.78. The quantitative estimate of drug-likeness (QED) is 0.534. The van der Waals surface area contributed by atoms with Crippen LogP contribution in [-0.2, 0) is 16.0 Å². The smallest absolute Gasteiger partial charge is 0.407 e. The van der Waals surface area contributed by atoms with E-state index in [9.17, 15) is 9.59 Å². The van der Waals surface area contributed by atoms with Gasteiger partial charge in [-0.05, 0) is 24.6 Å². The van der Waals surface area contributed by atoms with Crippen LogP contribution in [-0.4, -0.2) is 44.2 Å². The minimum absolute atomic E-state index is 0.111. The summed E-state index contributed by atoms with van der Waals surface area (Å²) in [7, 11) is 0. The van der Waals surface area contributed by atoms with Gasteiger partial charge in [-0.15, -0.1) is 11.6 Å². The molecule has 0 spiro atoms. The number of carbonyl (C=O) groups excluding carboxylic acids is 2. The Hall–Kier alpha value is -1.95. The highest BCUT2D eigenvalue weighted by molar-refractivity contribution is 6.18. The van der Waals surface area contributed by atoms with Crippen LogP contribution in [0, 0.1) is 0 Å². The standard InChI is InChI=1S/C15H21ClN2O4/c1-2-21-13-5-3-12(4-6-13)11-14(19)17-8-9-18-15(20)22-10-7-16/h3-6H,2,7-11H2,1H3,(H,17,19)(H,18,20). The third-order valence-electron chi connectivity index (χ3n) is 2.63. The number of ether oxygens (including phenoxy) is 2. The van der Waals surface area contributed by atoms with Gasteiger partial charge in [0.2, 0.25) is 5.91 Å². The van der Waals surface area contributed by atoms with Crippen molar-refractivity contribution in [3.05, 3.63) is 29.8 Å². The van der Waals surface area contributed by atoms with Crippen molar-refractivity contribution in [2.24, 2.45) is 0 Å². The van der Waals surface area contributed by atoms with E-state index in [0.717, 1.165) is 11.3 Å². The molecule has 0 heterocycles. The van der Waals surface area contributed by atoms with Crippen LogP contribution < -0.4 is 15.4 Å². The van der Waals surface area contributed by atoms with Gasteiger partial charge in [0.1, 0.15) is 12.4 Å². The first-order valence-electron chi connectivity index (χ1n) is 7.10. The fraction of sp³-hybridized carbons (Fsp3) is 0.467. The zero-order valence-electron chi connectivity index (χ0n) is 12.6. The largest absolute Gasteiger partial charge is 0.494 e. The Morgan fingerprint density at radius 3 is 2.45 bits per heavy atom. The molecule has 0 aliphatic rings. The molecule has 0 unspecified atom stereocenters. The van der Waals surface area contributed by atoms with Crippen LogP contribution in [0.2, 0.25) is 0 Å². The summed E-state index contributed by atoms with van der Waals surface area (Å²) in [6.45, 7) is 3.33. The fourth-order valence-electron chi connectivity index (χ4n) is 1.67. The Morgan fingerprint density at radius 1 is 1.14 bits per heavy atom. The van der Waals surface area contributed by atoms with Crippen LogP contribution in [0.3, 0.4) is 0 Å². The lowest BCUT2D eigenvalue weighted by molar-refractivity contribution is -0.120. The van der Waals surface area contributed by atoms with Crippen LogP contribution in [0.1, 0.15) is 12.5 Å². The van der Waals surface area contributed by atoms with Crippen LogP contribution >= 0.6 is 11.6 Å². The molecule has 1 aromatic rings. The van der Waals surface area contributed by atoms with Crippen molar-refractivity contribution >= 4 is 23.6 Å². The second-order valence-electron chi connectivity index (χ2n) is 4.36. The lowest BCUT2D eigenvalue weighted by atomic mass is 10.1. The molecule has 1 aromatic carbocycles. The maximum Gasteiger partial charge on any atom is 0.407 e. The van der Waals surface area contributed by atoms with E-state index in [2.05, 4.69) is 10.6 Å². The number of hydrogen-bond acceptors (Lipinski definition) is 4. The van der Waals surface area contributed by atoms with E-state index in [1.165, 1.54) is 0 Å². The van der Waals surface area contributed by atoms with Gasteiger partial charge in [-0.2, -0.15) is 0 Å². The Kier molecular flexibility index (Phi) is 8.83. The minimum Gasteiger partial charge on any atom is -0.494 e. The van der Waals surface area contributed by atoms with Gasteiger partial charge in [0.05, 0.1) is 18.9 Å². The molecule has 1 rings (SSSR count). The molecular weight excluding hydrogens is 308 g/mol. The van der Waals surface area contributed by atoms with Gasteiger partial charge < -0.3 is 20.1 Å². The molecule has 0 fully saturated rings. The average Bonchev–Trinajstić information content (AvgIpc) is 2.52. The zero-order chi connectivity index (χ0) is 16.2. The summed E-state index contributed by atoms with van der Waals surface area (Å²) < 4.78 is 10.1. The molecule has 0 aliphatic carbocycles. The normalized spacial score (nSPS) is 9.91. The summed E-state index contributed by atoms with van der Waals surface area (Å²) in [5, 5.41) is 5.22. The van der Waals surface area contributed by atoms with Gasteiger partial charge in [-0.25, -0.2) is 4.79 Å². The van der Waals surface area contributed by atoms with Crippen molar-refractivity contribution in [3.8, 4) is 5.75 Å². The molecule has 2 N–H and O–H groups in total. The highest BCUT2D eigenvalue weighted by Crippen LogP contribution is 2.12. The van der Waals surface area contributed by atoms with E-state index < -0.39 is 6.09 Å². The number of amides is 2. The Morgan fingerprint density at radius 2 is 1.82 bits per heavy atom. The Bertz CT molecular complexity index is 465. The maximum atomic E-state index is 11.7. The van der Waals surface area contributed by atoms with Crippen molar-refractivity contribution in [2.75, 3.05) is 32.2 Å². The van der Waals surface area contributed by atoms with Crippen molar-refractivity contribution in [1.29, 1.82) is 0 Å². The second-order valence-corrected chi connectivity index (χ2v) is 4.73. The van der Waals surface area contributed by atoms with Crippen molar-refractivity contribution in [3.63, 3.8) is 0 Å². The molecule has 122 valence electrons. The number of carbonyl (C=O) groups is 2. The topological polar surface area (TPSA) is 76.7 Å². The number of rotatable bonds is 9. The number of alkyl carbamates (subject to hydrolysis) is 1. The molecule has 0 atom stereocenters. The summed E-state index contributed by atoms with van der Waals surface area (Å²) in [6.07, 6.45) is -0.260. The summed E-state index contributed by atoms with van der Waals surface area (Å²) in [4.78, 5) is 22.8. The Labute approximate surface area is 135 Å². The highest BCUT2D eigenvalue weighted by atomic mass is 35.5. The molecule has 6 nitrogen and oxygen atoms in total. The number of hydrogen-bond donors (Lipinski definition) is 2. The van der Waals surface area contributed by atoms with Gasteiger partial charge in [0.25, 0.3) is 0 Å². The van der Waals surface area contributed by atoms with Gasteiger partial charge in [0, 0.05) is 13.1 Å². The molecule has 0 aromatic heterocycles. The first kappa shape index (κ1) is 18.1. The van der Waals surface area contributed by atoms with Gasteiger partial charge >= 0.3 is 6.09 Å². The predicted octanol–water partition coefficient (Wildman–Crippen LogP) is 1.71. The van der Waals surface area contributed by atoms with Crippen molar-refractivity contribution < 1.29 is 19.1 Å². The summed E-state index contributed by atoms with van der Waals surface area (Å²) in [5.74, 6) is 0.929. The molecular formula is C15H21ClN2O4. The Balaban J connectivity index is 2.19. The van der Waals surface area contributed by atoms with E-state index in [-0.39, 0.29) is 24.8 Å². The van der Waals surface area contributed by atoms with E-state index in [1.807, 2.05) is 31.2 Å². The van der Waals surface area contributed by atoms with E-state index in [1.54, 1.807) is 0 Å². The van der Waals surface area contributed by atoms with Gasteiger partial charge in [-0.1, -0.05) is 12.1 Å². The van der Waals surface area contributed by atoms with E-state index >= 15 is 0 Å². The first-order valence-corrected chi connectivity index (χ1v) is 7.64. The van der Waals surface area contributed by atoms with Crippen LogP contribution in [0.5, 0.6) is 5.75 Å². The number of halogens is 1. The number of benzene rings is 1. The first-order chi connectivity index (χ1) is 10.7. The molecule has 0 aliphatic heterocycles. The molecule has 0 saturated carbocycles. The highest BCUT2D eigenvalue weighted by Gasteiger charge is 2.04. The van der Waals surface area contributed by atoms with Crippen LogP contribution in [0.25, 0.3) is 0 Å². The SMILES string of the molecule is CCOc1ccc(CC(=O)NCCNC(=O)OCCCl)cc1. The fourth-order valence-corrected chi connectivity index (χ4v) is 1.74. The number of alkyl halides is 1. The lowest BCUT2D eigenvalue weighted by Crippen LogP contribution is -2.35. The second kappa shape index (κ2) is 10.7. The lowest BCUT2D eigenvalue weighted by Gasteiger charge is -2.08. The molecule has 7 heteroatoms. The van der Waals surface area contributed by atoms with E-state index in [4.69, 9.17) is 21.1 Å². The minimum atomic E-state index is -0.540. The average molecular weight is 329 g/mol. The van der Waals surface area contributed by atoms with E-state index in [0.29, 0.717) is 19.7 Å². The van der Waals surface area contributed by atoms with Crippen molar-refractivity contribution in [2.45, 2.75) is 13.3 Å². The van der Waals surface area contributed by atoms with Crippen LogP contribution in [0.15, 0.2) is 24.3 Å². The molecule has 0 bridgehead atoms. The molecule has 2 amide bonds. The molecule has 0 saturated heterocycles. The summed E-state index contributed by atoms with van der Waals surface area (Å²) in [6, 6.07) is 7.37. The maximum absolute atomic E-state index is 11.7. The monoisotopic (exact) mass is 328 g/mol. The summed E-state index contributed by atoms with van der Waals surface area (Å²) in [5.41, 5.74) is 0.899. The van der Waals surface area contributed by atoms with Gasteiger partial charge in [-0.3, -0.25) is 4.79 Å². The predicted molar refractivity (Wildman–Crippen MR) is 84.4 cm³/mol.